The Kier molecular flexibility index (Phi) is 6.59. The van der Waals surface area contributed by atoms with Crippen LogP contribution >= 0.6 is 0 Å². The van der Waals surface area contributed by atoms with Gasteiger partial charge in [0.2, 0.25) is 0 Å². The monoisotopic (exact) mass is 439 g/mol. The van der Waals surface area contributed by atoms with Crippen molar-refractivity contribution in [3.05, 3.63) is 65.4 Å². The fourth-order valence-corrected chi connectivity index (χ4v) is 6.34. The molecule has 0 unspecified atom stereocenters. The van der Waals surface area contributed by atoms with Crippen LogP contribution in [0.15, 0.2) is 48.7 Å². The number of nitrogens with zero attached hydrogens (tertiary/aromatic N) is 1. The molecular formula is C32H41N. The lowest BCUT2D eigenvalue weighted by molar-refractivity contribution is 0.411. The fraction of sp³-hybridized carbons (Fsp3) is 0.531. The highest BCUT2D eigenvalue weighted by atomic mass is 14.7. The molecule has 2 aliphatic carbocycles. The van der Waals surface area contributed by atoms with E-state index in [1.165, 1.54) is 91.8 Å². The maximum absolute atomic E-state index is 4.95. The van der Waals surface area contributed by atoms with Crippen LogP contribution in [0.1, 0.15) is 114 Å². The number of hydrogen-bond acceptors (Lipinski definition) is 1. The second kappa shape index (κ2) is 9.61. The molecule has 2 fully saturated rings. The Morgan fingerprint density at radius 3 is 1.91 bits per heavy atom. The van der Waals surface area contributed by atoms with Gasteiger partial charge in [-0.3, -0.25) is 4.98 Å². The Morgan fingerprint density at radius 1 is 0.727 bits per heavy atom. The zero-order valence-corrected chi connectivity index (χ0v) is 21.0. The lowest BCUT2D eigenvalue weighted by atomic mass is 9.78. The molecule has 1 nitrogen and oxygen atoms in total. The van der Waals surface area contributed by atoms with Gasteiger partial charge in [-0.05, 0) is 89.6 Å². The van der Waals surface area contributed by atoms with Gasteiger partial charge in [0, 0.05) is 17.1 Å². The van der Waals surface area contributed by atoms with E-state index < -0.39 is 0 Å². The number of aromatic nitrogens is 1. The number of pyridine rings is 1. The summed E-state index contributed by atoms with van der Waals surface area (Å²) in [6.07, 6.45) is 16.9. The molecule has 0 spiro atoms. The normalized spacial score (nSPS) is 18.6. The summed E-state index contributed by atoms with van der Waals surface area (Å²) in [4.78, 5) is 4.95. The van der Waals surface area contributed by atoms with Crippen molar-refractivity contribution in [2.75, 3.05) is 0 Å². The molecule has 2 aromatic carbocycles. The van der Waals surface area contributed by atoms with Crippen molar-refractivity contribution in [3.8, 4) is 11.3 Å². The molecule has 0 atom stereocenters. The van der Waals surface area contributed by atoms with Gasteiger partial charge in [0.15, 0.2) is 0 Å². The molecular weight excluding hydrogens is 398 g/mol. The lowest BCUT2D eigenvalue weighted by Gasteiger charge is -2.27. The van der Waals surface area contributed by atoms with Gasteiger partial charge >= 0.3 is 0 Å². The minimum atomic E-state index is 0.298. The van der Waals surface area contributed by atoms with Crippen molar-refractivity contribution in [1.82, 2.24) is 4.98 Å². The third kappa shape index (κ3) is 5.34. The van der Waals surface area contributed by atoms with Gasteiger partial charge < -0.3 is 0 Å². The molecule has 2 saturated carbocycles. The van der Waals surface area contributed by atoms with E-state index in [9.17, 15) is 0 Å². The highest BCUT2D eigenvalue weighted by Crippen LogP contribution is 2.40. The van der Waals surface area contributed by atoms with Gasteiger partial charge in [-0.1, -0.05) is 83.6 Å². The smallest absolute Gasteiger partial charge is 0.0780 e. The first-order chi connectivity index (χ1) is 16.0. The highest BCUT2D eigenvalue weighted by molar-refractivity contribution is 5.95. The third-order valence-electron chi connectivity index (χ3n) is 7.97. The van der Waals surface area contributed by atoms with Gasteiger partial charge in [0.05, 0.1) is 5.69 Å². The summed E-state index contributed by atoms with van der Waals surface area (Å²) in [5.41, 5.74) is 7.39. The van der Waals surface area contributed by atoms with Crippen molar-refractivity contribution in [2.24, 2.45) is 5.41 Å². The van der Waals surface area contributed by atoms with Crippen LogP contribution in [0.3, 0.4) is 0 Å². The van der Waals surface area contributed by atoms with Gasteiger partial charge in [-0.2, -0.15) is 0 Å². The van der Waals surface area contributed by atoms with Crippen LogP contribution in [0.4, 0.5) is 0 Å². The molecule has 0 N–H and O–H groups in total. The van der Waals surface area contributed by atoms with Crippen molar-refractivity contribution in [3.63, 3.8) is 0 Å². The minimum Gasteiger partial charge on any atom is -0.256 e. The van der Waals surface area contributed by atoms with Gasteiger partial charge in [0.1, 0.15) is 0 Å². The van der Waals surface area contributed by atoms with Crippen LogP contribution in [0, 0.1) is 5.41 Å². The minimum absolute atomic E-state index is 0.298. The van der Waals surface area contributed by atoms with Crippen LogP contribution in [0.2, 0.25) is 0 Å². The third-order valence-corrected chi connectivity index (χ3v) is 7.97. The molecule has 1 heteroatoms. The summed E-state index contributed by atoms with van der Waals surface area (Å²) in [7, 11) is 0. The number of fused-ring (bicyclic) bond motifs is 1. The van der Waals surface area contributed by atoms with Crippen LogP contribution in [0.25, 0.3) is 22.0 Å². The number of hydrogen-bond donors (Lipinski definition) is 0. The van der Waals surface area contributed by atoms with E-state index in [0.717, 1.165) is 18.3 Å². The highest BCUT2D eigenvalue weighted by Gasteiger charge is 2.22. The van der Waals surface area contributed by atoms with Crippen LogP contribution in [-0.2, 0) is 6.42 Å². The van der Waals surface area contributed by atoms with Crippen LogP contribution in [0.5, 0.6) is 0 Å². The van der Waals surface area contributed by atoms with E-state index >= 15 is 0 Å². The Balaban J connectivity index is 1.58. The largest absolute Gasteiger partial charge is 0.256 e. The molecule has 0 radical (unpaired) electrons. The fourth-order valence-electron chi connectivity index (χ4n) is 6.34. The first-order valence-electron chi connectivity index (χ1n) is 13.5. The Morgan fingerprint density at radius 2 is 1.33 bits per heavy atom. The molecule has 0 saturated heterocycles. The van der Waals surface area contributed by atoms with E-state index in [1.54, 1.807) is 11.1 Å². The molecule has 174 valence electrons. The molecule has 2 aliphatic rings. The van der Waals surface area contributed by atoms with E-state index in [1.807, 2.05) is 6.20 Å². The maximum atomic E-state index is 4.95. The summed E-state index contributed by atoms with van der Waals surface area (Å²) in [5.74, 6) is 1.46. The number of rotatable bonds is 4. The van der Waals surface area contributed by atoms with E-state index in [4.69, 9.17) is 4.98 Å². The van der Waals surface area contributed by atoms with Gasteiger partial charge in [-0.15, -0.1) is 0 Å². The van der Waals surface area contributed by atoms with Crippen molar-refractivity contribution in [1.29, 1.82) is 0 Å². The SMILES string of the molecule is CC(C)(C)Cc1ccc2c(-c3cc(C4CCCCC4)cc(C4CCCCC4)c3)nccc2c1. The Hall–Kier alpha value is -2.15. The second-order valence-corrected chi connectivity index (χ2v) is 12.0. The maximum Gasteiger partial charge on any atom is 0.0780 e. The molecule has 0 aliphatic heterocycles. The van der Waals surface area contributed by atoms with Gasteiger partial charge in [-0.25, -0.2) is 0 Å². The summed E-state index contributed by atoms with van der Waals surface area (Å²) in [6, 6.07) is 16.8. The molecule has 5 rings (SSSR count). The zero-order valence-electron chi connectivity index (χ0n) is 21.0. The van der Waals surface area contributed by atoms with Crippen LogP contribution < -0.4 is 0 Å². The first-order valence-corrected chi connectivity index (χ1v) is 13.5. The average molecular weight is 440 g/mol. The molecule has 1 aromatic heterocycles. The lowest BCUT2D eigenvalue weighted by Crippen LogP contribution is -2.09. The molecule has 1 heterocycles. The first kappa shape index (κ1) is 22.6. The van der Waals surface area contributed by atoms with Gasteiger partial charge in [0.25, 0.3) is 0 Å². The quantitative estimate of drug-likeness (QED) is 0.394. The Labute approximate surface area is 201 Å². The van der Waals surface area contributed by atoms with Crippen molar-refractivity contribution in [2.45, 2.75) is 103 Å². The topological polar surface area (TPSA) is 12.9 Å². The summed E-state index contributed by atoms with van der Waals surface area (Å²) >= 11 is 0. The summed E-state index contributed by atoms with van der Waals surface area (Å²) in [5, 5.41) is 2.62. The predicted molar refractivity (Wildman–Crippen MR) is 142 cm³/mol. The van der Waals surface area contributed by atoms with E-state index in [2.05, 4.69) is 63.2 Å². The molecule has 33 heavy (non-hydrogen) atoms. The molecule has 0 bridgehead atoms. The standard InChI is InChI=1S/C32H41N/c1-32(2,3)22-23-14-15-30-26(18-23)16-17-33-31(30)29-20-27(24-10-6-4-7-11-24)19-28(21-29)25-12-8-5-9-13-25/h14-21,24-25H,4-13,22H2,1-3H3. The molecule has 0 amide bonds. The average Bonchev–Trinajstić information content (AvgIpc) is 2.83. The number of benzene rings is 2. The molecule has 3 aromatic rings. The Bertz CT molecular complexity index is 1050. The van der Waals surface area contributed by atoms with E-state index in [-0.39, 0.29) is 0 Å². The summed E-state index contributed by atoms with van der Waals surface area (Å²) in [6.45, 7) is 6.95. The second-order valence-electron chi connectivity index (χ2n) is 12.0. The van der Waals surface area contributed by atoms with Crippen molar-refractivity contribution < 1.29 is 0 Å². The van der Waals surface area contributed by atoms with Crippen LogP contribution in [-0.4, -0.2) is 4.98 Å². The zero-order chi connectivity index (χ0) is 22.8. The predicted octanol–water partition coefficient (Wildman–Crippen LogP) is 9.59. The van der Waals surface area contributed by atoms with Crippen molar-refractivity contribution >= 4 is 10.8 Å². The summed E-state index contributed by atoms with van der Waals surface area (Å²) < 4.78 is 0. The van der Waals surface area contributed by atoms with E-state index in [0.29, 0.717) is 5.41 Å².